The van der Waals surface area contributed by atoms with E-state index in [4.69, 9.17) is 0 Å². The third kappa shape index (κ3) is 3.14. The van der Waals surface area contributed by atoms with E-state index in [-0.39, 0.29) is 12.4 Å². The molecule has 3 atom stereocenters. The number of nitrogens with zero attached hydrogens (tertiary/aromatic N) is 1. The van der Waals surface area contributed by atoms with Crippen LogP contribution in [0, 0.1) is 11.3 Å². The van der Waals surface area contributed by atoms with Crippen molar-refractivity contribution in [2.45, 2.75) is 76.9 Å². The molecule has 2 heterocycles. The van der Waals surface area contributed by atoms with Gasteiger partial charge in [-0.15, -0.1) is 12.4 Å². The molecule has 116 valence electrons. The predicted molar refractivity (Wildman–Crippen MR) is 84.1 cm³/mol. The Morgan fingerprint density at radius 2 is 1.85 bits per heavy atom. The van der Waals surface area contributed by atoms with Crippen molar-refractivity contribution in [3.05, 3.63) is 0 Å². The molecule has 4 heteroatoms. The monoisotopic (exact) mass is 300 g/mol. The lowest BCUT2D eigenvalue weighted by Crippen LogP contribution is -2.43. The van der Waals surface area contributed by atoms with Crippen LogP contribution in [-0.2, 0) is 4.79 Å². The zero-order chi connectivity index (χ0) is 13.6. The Kier molecular flexibility index (Phi) is 4.70. The molecule has 1 saturated carbocycles. The van der Waals surface area contributed by atoms with Gasteiger partial charge in [0.05, 0.1) is 0 Å². The fraction of sp³-hybridized carbons (Fsp3) is 0.938. The maximum atomic E-state index is 12.5. The van der Waals surface area contributed by atoms with E-state index in [0.717, 1.165) is 6.42 Å². The van der Waals surface area contributed by atoms with Crippen LogP contribution in [0.4, 0.5) is 0 Å². The maximum absolute atomic E-state index is 12.5. The number of hydrogen-bond donors (Lipinski definition) is 1. The summed E-state index contributed by atoms with van der Waals surface area (Å²) in [5.41, 5.74) is 0.400. The zero-order valence-electron chi connectivity index (χ0n) is 13.0. The van der Waals surface area contributed by atoms with E-state index in [9.17, 15) is 4.79 Å². The molecule has 3 unspecified atom stereocenters. The topological polar surface area (TPSA) is 32.3 Å². The number of carbonyl (C=O) groups is 1. The van der Waals surface area contributed by atoms with Gasteiger partial charge in [0.1, 0.15) is 0 Å². The molecule has 0 radical (unpaired) electrons. The van der Waals surface area contributed by atoms with Crippen molar-refractivity contribution in [3.63, 3.8) is 0 Å². The highest BCUT2D eigenvalue weighted by Gasteiger charge is 2.45. The van der Waals surface area contributed by atoms with Crippen LogP contribution in [0.5, 0.6) is 0 Å². The van der Waals surface area contributed by atoms with Gasteiger partial charge in [0, 0.05) is 31.6 Å². The van der Waals surface area contributed by atoms with Crippen LogP contribution in [-0.4, -0.2) is 36.0 Å². The first-order valence-corrected chi connectivity index (χ1v) is 7.99. The number of rotatable bonds is 4. The molecular formula is C16H29ClN2O. The van der Waals surface area contributed by atoms with Gasteiger partial charge in [-0.05, 0) is 56.8 Å². The molecule has 3 rings (SSSR count). The lowest BCUT2D eigenvalue weighted by molar-refractivity contribution is -0.134. The molecule has 3 nitrogen and oxygen atoms in total. The van der Waals surface area contributed by atoms with Gasteiger partial charge in [0.25, 0.3) is 0 Å². The van der Waals surface area contributed by atoms with Crippen molar-refractivity contribution in [2.24, 2.45) is 11.3 Å². The predicted octanol–water partition coefficient (Wildman–Crippen LogP) is 2.98. The highest BCUT2D eigenvalue weighted by atomic mass is 35.5. The highest BCUT2D eigenvalue weighted by molar-refractivity contribution is 5.85. The minimum absolute atomic E-state index is 0. The number of carbonyl (C=O) groups excluding carboxylic acids is 1. The van der Waals surface area contributed by atoms with Crippen molar-refractivity contribution in [2.75, 3.05) is 7.05 Å². The first-order valence-electron chi connectivity index (χ1n) is 7.99. The van der Waals surface area contributed by atoms with Gasteiger partial charge in [-0.2, -0.15) is 0 Å². The van der Waals surface area contributed by atoms with Crippen LogP contribution >= 0.6 is 12.4 Å². The van der Waals surface area contributed by atoms with E-state index in [1.807, 2.05) is 11.9 Å². The zero-order valence-corrected chi connectivity index (χ0v) is 13.8. The first-order chi connectivity index (χ1) is 8.98. The molecule has 0 aromatic rings. The summed E-state index contributed by atoms with van der Waals surface area (Å²) in [6.45, 7) is 4.53. The minimum atomic E-state index is 0. The molecular weight excluding hydrogens is 272 g/mol. The highest BCUT2D eigenvalue weighted by Crippen LogP contribution is 2.49. The number of nitrogens with one attached hydrogen (secondary N) is 1. The van der Waals surface area contributed by atoms with Crippen molar-refractivity contribution in [1.29, 1.82) is 0 Å². The van der Waals surface area contributed by atoms with E-state index in [0.29, 0.717) is 35.4 Å². The van der Waals surface area contributed by atoms with Gasteiger partial charge >= 0.3 is 0 Å². The van der Waals surface area contributed by atoms with Crippen molar-refractivity contribution in [1.82, 2.24) is 10.2 Å². The van der Waals surface area contributed by atoms with Crippen molar-refractivity contribution >= 4 is 18.3 Å². The van der Waals surface area contributed by atoms with Crippen LogP contribution in [0.25, 0.3) is 0 Å². The standard InChI is InChI=1S/C16H28N2O.ClH/c1-11(16(2)6-7-16)18(3)15(19)10-12-8-13-4-5-14(9-12)17-13;/h11-14,17H,4-10H2,1-3H3;1H. The lowest BCUT2D eigenvalue weighted by atomic mass is 9.89. The third-order valence-electron chi connectivity index (χ3n) is 6.06. The Morgan fingerprint density at radius 3 is 2.35 bits per heavy atom. The van der Waals surface area contributed by atoms with E-state index >= 15 is 0 Å². The van der Waals surface area contributed by atoms with Crippen molar-refractivity contribution in [3.8, 4) is 0 Å². The molecule has 1 amide bonds. The third-order valence-corrected chi connectivity index (χ3v) is 6.06. The van der Waals surface area contributed by atoms with Crippen molar-refractivity contribution < 1.29 is 4.79 Å². The SMILES string of the molecule is CC(N(C)C(=O)CC1CC2CCC(C1)N2)C1(C)CC1.Cl. The smallest absolute Gasteiger partial charge is 0.222 e. The average Bonchev–Trinajstić information content (AvgIpc) is 3.05. The Bertz CT molecular complexity index is 357. The summed E-state index contributed by atoms with van der Waals surface area (Å²) < 4.78 is 0. The van der Waals surface area contributed by atoms with Crippen LogP contribution in [0.3, 0.4) is 0 Å². The van der Waals surface area contributed by atoms with Crippen LogP contribution in [0.15, 0.2) is 0 Å². The van der Waals surface area contributed by atoms with Gasteiger partial charge in [-0.25, -0.2) is 0 Å². The van der Waals surface area contributed by atoms with Gasteiger partial charge in [0.2, 0.25) is 5.91 Å². The number of halogens is 1. The first kappa shape index (κ1) is 16.1. The summed E-state index contributed by atoms with van der Waals surface area (Å²) in [7, 11) is 2.01. The Morgan fingerprint density at radius 1 is 1.30 bits per heavy atom. The molecule has 2 saturated heterocycles. The molecule has 0 spiro atoms. The summed E-state index contributed by atoms with van der Waals surface area (Å²) in [4.78, 5) is 14.5. The van der Waals surface area contributed by atoms with Gasteiger partial charge in [-0.3, -0.25) is 4.79 Å². The average molecular weight is 301 g/mol. The van der Waals surface area contributed by atoms with Gasteiger partial charge in [0.15, 0.2) is 0 Å². The summed E-state index contributed by atoms with van der Waals surface area (Å²) in [5.74, 6) is 0.986. The maximum Gasteiger partial charge on any atom is 0.222 e. The second-order valence-corrected chi connectivity index (χ2v) is 7.51. The fourth-order valence-electron chi connectivity index (χ4n) is 4.03. The second kappa shape index (κ2) is 5.84. The number of piperidine rings is 1. The lowest BCUT2D eigenvalue weighted by Gasteiger charge is -2.33. The largest absolute Gasteiger partial charge is 0.343 e. The molecule has 2 bridgehead atoms. The number of amides is 1. The Balaban J connectivity index is 0.00000147. The van der Waals surface area contributed by atoms with E-state index in [1.165, 1.54) is 38.5 Å². The molecule has 0 aromatic heterocycles. The molecule has 3 aliphatic rings. The van der Waals surface area contributed by atoms with Gasteiger partial charge < -0.3 is 10.2 Å². The normalized spacial score (nSPS) is 35.0. The number of hydrogen-bond acceptors (Lipinski definition) is 2. The Labute approximate surface area is 129 Å². The quantitative estimate of drug-likeness (QED) is 0.866. The summed E-state index contributed by atoms with van der Waals surface area (Å²) >= 11 is 0. The summed E-state index contributed by atoms with van der Waals surface area (Å²) in [6, 6.07) is 1.79. The second-order valence-electron chi connectivity index (χ2n) is 7.51. The van der Waals surface area contributed by atoms with E-state index < -0.39 is 0 Å². The van der Waals surface area contributed by atoms with Crippen LogP contribution in [0.2, 0.25) is 0 Å². The van der Waals surface area contributed by atoms with E-state index in [2.05, 4.69) is 19.2 Å². The summed E-state index contributed by atoms with van der Waals surface area (Å²) in [5, 5.41) is 3.65. The molecule has 2 aliphatic heterocycles. The van der Waals surface area contributed by atoms with Gasteiger partial charge in [-0.1, -0.05) is 6.92 Å². The summed E-state index contributed by atoms with van der Waals surface area (Å²) in [6.07, 6.45) is 8.39. The molecule has 1 N–H and O–H groups in total. The molecule has 20 heavy (non-hydrogen) atoms. The molecule has 1 aliphatic carbocycles. The fourth-order valence-corrected chi connectivity index (χ4v) is 4.03. The van der Waals surface area contributed by atoms with Crippen LogP contribution < -0.4 is 5.32 Å². The number of fused-ring (bicyclic) bond motifs is 2. The molecule has 3 fully saturated rings. The Hall–Kier alpha value is -0.280. The molecule has 0 aromatic carbocycles. The van der Waals surface area contributed by atoms with E-state index in [1.54, 1.807) is 0 Å². The minimum Gasteiger partial charge on any atom is -0.343 e. The van der Waals surface area contributed by atoms with Crippen LogP contribution in [0.1, 0.15) is 58.8 Å².